The van der Waals surface area contributed by atoms with E-state index in [4.69, 9.17) is 4.74 Å². The van der Waals surface area contributed by atoms with Crippen molar-refractivity contribution >= 4 is 22.7 Å². The van der Waals surface area contributed by atoms with E-state index in [1.807, 2.05) is 0 Å². The summed E-state index contributed by atoms with van der Waals surface area (Å²) < 4.78 is 43.1. The maximum absolute atomic E-state index is 12.7. The number of carbonyl (C=O) groups excluding carboxylic acids is 2. The molecule has 0 aliphatic carbocycles. The second-order valence-electron chi connectivity index (χ2n) is 6.45. The van der Waals surface area contributed by atoms with E-state index >= 15 is 0 Å². The van der Waals surface area contributed by atoms with Crippen molar-refractivity contribution in [3.8, 4) is 5.75 Å². The van der Waals surface area contributed by atoms with Gasteiger partial charge in [-0.3, -0.25) is 14.4 Å². The second kappa shape index (κ2) is 7.53. The molecule has 0 spiro atoms. The lowest BCUT2D eigenvalue weighted by Crippen LogP contribution is -2.50. The fourth-order valence-corrected chi connectivity index (χ4v) is 3.23. The molecule has 1 atom stereocenters. The molecule has 28 heavy (non-hydrogen) atoms. The Labute approximate surface area is 157 Å². The number of H-pyrrole nitrogens is 1. The number of aromatic amines is 1. The van der Waals surface area contributed by atoms with Crippen molar-refractivity contribution < 1.29 is 27.5 Å². The zero-order valence-electron chi connectivity index (χ0n) is 14.9. The number of alkyl halides is 3. The van der Waals surface area contributed by atoms with E-state index in [-0.39, 0.29) is 25.1 Å². The van der Waals surface area contributed by atoms with Gasteiger partial charge in [0.2, 0.25) is 5.91 Å². The van der Waals surface area contributed by atoms with Crippen molar-refractivity contribution in [3.05, 3.63) is 40.2 Å². The number of pyridine rings is 1. The van der Waals surface area contributed by atoms with Crippen LogP contribution in [0, 0.1) is 0 Å². The van der Waals surface area contributed by atoms with E-state index < -0.39 is 29.6 Å². The normalized spacial score (nSPS) is 17.0. The van der Waals surface area contributed by atoms with E-state index in [0.717, 1.165) is 0 Å². The van der Waals surface area contributed by atoms with Crippen molar-refractivity contribution in [2.45, 2.75) is 31.6 Å². The largest absolute Gasteiger partial charge is 0.497 e. The van der Waals surface area contributed by atoms with Crippen molar-refractivity contribution in [1.82, 2.24) is 15.2 Å². The molecule has 2 aromatic rings. The minimum Gasteiger partial charge on any atom is -0.497 e. The van der Waals surface area contributed by atoms with Gasteiger partial charge in [0.15, 0.2) is 0 Å². The molecular weight excluding hydrogens is 379 g/mol. The minimum absolute atomic E-state index is 0.132. The summed E-state index contributed by atoms with van der Waals surface area (Å²) in [7, 11) is 1.50. The van der Waals surface area contributed by atoms with Crippen LogP contribution in [0.5, 0.6) is 5.75 Å². The average Bonchev–Trinajstić information content (AvgIpc) is 3.14. The highest BCUT2D eigenvalue weighted by molar-refractivity contribution is 5.90. The molecule has 1 unspecified atom stereocenters. The molecule has 1 aliphatic heterocycles. The topological polar surface area (TPSA) is 91.5 Å². The first-order valence-electron chi connectivity index (χ1n) is 8.56. The fraction of sp³-hybridized carbons (Fsp3) is 0.389. The number of hydrogen-bond acceptors (Lipinski definition) is 4. The molecule has 2 N–H and O–H groups in total. The van der Waals surface area contributed by atoms with Gasteiger partial charge in [0.25, 0.3) is 5.56 Å². The first kappa shape index (κ1) is 19.7. The Morgan fingerprint density at radius 2 is 2.07 bits per heavy atom. The summed E-state index contributed by atoms with van der Waals surface area (Å²) in [6.45, 7) is -0.307. The summed E-state index contributed by atoms with van der Waals surface area (Å²) in [5.41, 5.74) is 0.395. The summed E-state index contributed by atoms with van der Waals surface area (Å²) in [5, 5.41) is 3.14. The minimum atomic E-state index is -5.03. The van der Waals surface area contributed by atoms with Crippen LogP contribution in [0.3, 0.4) is 0 Å². The molecule has 1 aromatic carbocycles. The number of benzene rings is 1. The van der Waals surface area contributed by atoms with E-state index in [1.54, 1.807) is 24.3 Å². The van der Waals surface area contributed by atoms with Crippen LogP contribution >= 0.6 is 0 Å². The number of nitrogens with zero attached hydrogens (tertiary/aromatic N) is 1. The Kier molecular flexibility index (Phi) is 5.30. The average molecular weight is 397 g/mol. The zero-order chi connectivity index (χ0) is 20.5. The van der Waals surface area contributed by atoms with Crippen LogP contribution in [0.1, 0.15) is 18.4 Å². The molecule has 1 saturated heterocycles. The smallest absolute Gasteiger partial charge is 0.471 e. The standard InChI is InChI=1S/C18H18F3N3O4/c1-28-12-4-5-13-10(8-12)7-11(15(25)23-13)9-22-16(26)14-3-2-6-24(14)17(27)18(19,20)21/h4-5,7-8,14H,2-3,6,9H2,1H3,(H,22,26)(H,23,25). The highest BCUT2D eigenvalue weighted by Crippen LogP contribution is 2.26. The third-order valence-electron chi connectivity index (χ3n) is 4.64. The maximum atomic E-state index is 12.7. The van der Waals surface area contributed by atoms with Gasteiger partial charge in [-0.25, -0.2) is 0 Å². The number of aromatic nitrogens is 1. The molecule has 10 heteroatoms. The lowest BCUT2D eigenvalue weighted by molar-refractivity contribution is -0.186. The lowest BCUT2D eigenvalue weighted by Gasteiger charge is -2.24. The Balaban J connectivity index is 1.74. The van der Waals surface area contributed by atoms with Crippen LogP contribution in [0.15, 0.2) is 29.1 Å². The molecule has 7 nitrogen and oxygen atoms in total. The molecule has 150 valence electrons. The van der Waals surface area contributed by atoms with Crippen LogP contribution in [0.4, 0.5) is 13.2 Å². The summed E-state index contributed by atoms with van der Waals surface area (Å²) in [6, 6.07) is 5.44. The van der Waals surface area contributed by atoms with Crippen LogP contribution < -0.4 is 15.6 Å². The predicted octanol–water partition coefficient (Wildman–Crippen LogP) is 1.71. The Hall–Kier alpha value is -3.04. The van der Waals surface area contributed by atoms with Gasteiger partial charge in [0.1, 0.15) is 11.8 Å². The quantitative estimate of drug-likeness (QED) is 0.822. The molecule has 1 fully saturated rings. The Morgan fingerprint density at radius 3 is 2.75 bits per heavy atom. The Morgan fingerprint density at radius 1 is 1.32 bits per heavy atom. The van der Waals surface area contributed by atoms with Crippen molar-refractivity contribution in [3.63, 3.8) is 0 Å². The van der Waals surface area contributed by atoms with Gasteiger partial charge in [0, 0.05) is 29.6 Å². The van der Waals surface area contributed by atoms with E-state index in [0.29, 0.717) is 28.0 Å². The molecule has 1 aliphatic rings. The number of carbonyl (C=O) groups is 2. The van der Waals surface area contributed by atoms with E-state index in [9.17, 15) is 27.6 Å². The first-order valence-corrected chi connectivity index (χ1v) is 8.56. The summed E-state index contributed by atoms with van der Waals surface area (Å²) >= 11 is 0. The number of methoxy groups -OCH3 is 1. The zero-order valence-corrected chi connectivity index (χ0v) is 14.9. The molecule has 0 radical (unpaired) electrons. The van der Waals surface area contributed by atoms with E-state index in [2.05, 4.69) is 10.3 Å². The van der Waals surface area contributed by atoms with Crippen LogP contribution in [-0.4, -0.2) is 47.6 Å². The first-order chi connectivity index (χ1) is 13.2. The van der Waals surface area contributed by atoms with Gasteiger partial charge >= 0.3 is 12.1 Å². The third kappa shape index (κ3) is 3.95. The number of halogens is 3. The monoisotopic (exact) mass is 397 g/mol. The number of ether oxygens (including phenoxy) is 1. The maximum Gasteiger partial charge on any atom is 0.471 e. The molecular formula is C18H18F3N3O4. The molecule has 2 amide bonds. The molecule has 0 saturated carbocycles. The van der Waals surface area contributed by atoms with Crippen molar-refractivity contribution in [2.24, 2.45) is 0 Å². The lowest BCUT2D eigenvalue weighted by atomic mass is 10.1. The molecule has 1 aromatic heterocycles. The van der Waals surface area contributed by atoms with Gasteiger partial charge < -0.3 is 19.9 Å². The number of rotatable bonds is 4. The number of hydrogen-bond donors (Lipinski definition) is 2. The van der Waals surface area contributed by atoms with Crippen LogP contribution in [0.25, 0.3) is 10.9 Å². The van der Waals surface area contributed by atoms with E-state index in [1.165, 1.54) is 7.11 Å². The van der Waals surface area contributed by atoms with Gasteiger partial charge in [-0.2, -0.15) is 13.2 Å². The van der Waals surface area contributed by atoms with Gasteiger partial charge in [-0.1, -0.05) is 0 Å². The van der Waals surface area contributed by atoms with Crippen molar-refractivity contribution in [2.75, 3.05) is 13.7 Å². The fourth-order valence-electron chi connectivity index (χ4n) is 3.23. The Bertz CT molecular complexity index is 971. The summed E-state index contributed by atoms with van der Waals surface area (Å²) in [6.07, 6.45) is -4.59. The van der Waals surface area contributed by atoms with Gasteiger partial charge in [-0.15, -0.1) is 0 Å². The summed E-state index contributed by atoms with van der Waals surface area (Å²) in [4.78, 5) is 39.2. The molecule has 3 rings (SSSR count). The number of amides is 2. The number of fused-ring (bicyclic) bond motifs is 1. The number of nitrogens with one attached hydrogen (secondary N) is 2. The third-order valence-corrected chi connectivity index (χ3v) is 4.64. The van der Waals surface area contributed by atoms with Crippen LogP contribution in [-0.2, 0) is 16.1 Å². The molecule has 0 bridgehead atoms. The summed E-state index contributed by atoms with van der Waals surface area (Å²) in [5.74, 6) is -2.16. The second-order valence-corrected chi connectivity index (χ2v) is 6.45. The van der Waals surface area contributed by atoms with Crippen LogP contribution in [0.2, 0.25) is 0 Å². The van der Waals surface area contributed by atoms with Gasteiger partial charge in [0.05, 0.1) is 7.11 Å². The molecule has 2 heterocycles. The highest BCUT2D eigenvalue weighted by atomic mass is 19.4. The predicted molar refractivity (Wildman–Crippen MR) is 93.8 cm³/mol. The van der Waals surface area contributed by atoms with Crippen molar-refractivity contribution in [1.29, 1.82) is 0 Å². The van der Waals surface area contributed by atoms with Gasteiger partial charge in [-0.05, 0) is 37.1 Å². The number of likely N-dealkylation sites (tertiary alicyclic amines) is 1. The highest BCUT2D eigenvalue weighted by Gasteiger charge is 2.47. The SMILES string of the molecule is COc1ccc2[nH]c(=O)c(CNC(=O)C3CCCN3C(=O)C(F)(F)F)cc2c1.